The molecule has 10 heavy (non-hydrogen) atoms. The number of aliphatic imine (C=N–C) groups is 1. The van der Waals surface area contributed by atoms with Crippen LogP contribution >= 0.6 is 0 Å². The van der Waals surface area contributed by atoms with Gasteiger partial charge in [0.2, 0.25) is 0 Å². The van der Waals surface area contributed by atoms with Crippen molar-refractivity contribution in [1.82, 2.24) is 0 Å². The van der Waals surface area contributed by atoms with E-state index in [0.29, 0.717) is 5.57 Å². The summed E-state index contributed by atoms with van der Waals surface area (Å²) in [5, 5.41) is 0. The molecule has 0 bridgehead atoms. The van der Waals surface area contributed by atoms with Crippen molar-refractivity contribution < 1.29 is 4.79 Å². The molecule has 0 heterocycles. The Labute approximate surface area is 59.6 Å². The zero-order chi connectivity index (χ0) is 8.15. The van der Waals surface area contributed by atoms with E-state index < -0.39 is 6.17 Å². The first kappa shape index (κ1) is 9.00. The fourth-order valence-electron chi connectivity index (χ4n) is 0.264. The van der Waals surface area contributed by atoms with E-state index in [2.05, 4.69) is 11.6 Å². The highest BCUT2D eigenvalue weighted by atomic mass is 16.1. The summed E-state index contributed by atoms with van der Waals surface area (Å²) in [6.07, 6.45) is 0.500. The molecule has 0 saturated carbocycles. The number of carbonyl (C=O) groups is 1. The monoisotopic (exact) mass is 141 g/mol. The first-order chi connectivity index (χ1) is 4.54. The molecule has 4 N–H and O–H groups in total. The van der Waals surface area contributed by atoms with Crippen LogP contribution in [0.3, 0.4) is 0 Å². The lowest BCUT2D eigenvalue weighted by atomic mass is 10.3. The van der Waals surface area contributed by atoms with Gasteiger partial charge in [0.25, 0.3) is 5.91 Å². The molecule has 0 radical (unpaired) electrons. The molecule has 0 rings (SSSR count). The van der Waals surface area contributed by atoms with Gasteiger partial charge < -0.3 is 11.5 Å². The third kappa shape index (κ3) is 3.94. The zero-order valence-electron chi connectivity index (χ0n) is 5.87. The molecule has 4 nitrogen and oxygen atoms in total. The number of hydrogen-bond acceptors (Lipinski definition) is 3. The van der Waals surface area contributed by atoms with Gasteiger partial charge >= 0.3 is 0 Å². The van der Waals surface area contributed by atoms with Crippen molar-refractivity contribution in [2.75, 3.05) is 0 Å². The van der Waals surface area contributed by atoms with Crippen molar-refractivity contribution >= 4 is 12.1 Å². The minimum atomic E-state index is -0.678. The molecule has 0 aromatic heterocycles. The van der Waals surface area contributed by atoms with Gasteiger partial charge in [0.1, 0.15) is 0 Å². The van der Waals surface area contributed by atoms with Crippen molar-refractivity contribution in [3.63, 3.8) is 0 Å². The van der Waals surface area contributed by atoms with Gasteiger partial charge in [-0.2, -0.15) is 0 Å². The minimum absolute atomic E-state index is 0.372. The maximum atomic E-state index is 10.6. The lowest BCUT2D eigenvalue weighted by Crippen LogP contribution is -2.32. The van der Waals surface area contributed by atoms with Gasteiger partial charge in [0.15, 0.2) is 0 Å². The summed E-state index contributed by atoms with van der Waals surface area (Å²) in [4.78, 5) is 14.0. The Morgan fingerprint density at radius 1 is 1.70 bits per heavy atom. The highest BCUT2D eigenvalue weighted by Gasteiger charge is 1.96. The molecule has 0 saturated heterocycles. The molecular formula is C6H11N3O. The topological polar surface area (TPSA) is 81.5 Å². The predicted octanol–water partition coefficient (Wildman–Crippen LogP) is -0.597. The second-order valence-electron chi connectivity index (χ2n) is 1.94. The second kappa shape index (κ2) is 3.92. The molecule has 56 valence electrons. The van der Waals surface area contributed by atoms with Crippen molar-refractivity contribution in [2.24, 2.45) is 16.5 Å². The lowest BCUT2D eigenvalue weighted by Gasteiger charge is -1.93. The molecule has 0 aliphatic heterocycles. The van der Waals surface area contributed by atoms with Crippen LogP contribution in [0.5, 0.6) is 0 Å². The van der Waals surface area contributed by atoms with Crippen molar-refractivity contribution in [1.29, 1.82) is 0 Å². The van der Waals surface area contributed by atoms with Crippen LogP contribution in [0.25, 0.3) is 0 Å². The first-order valence-electron chi connectivity index (χ1n) is 2.79. The normalized spacial score (nSPS) is 10.8. The summed E-state index contributed by atoms with van der Waals surface area (Å²) in [6, 6.07) is 0. The second-order valence-corrected chi connectivity index (χ2v) is 1.94. The molecule has 4 heteroatoms. The third-order valence-corrected chi connectivity index (χ3v) is 0.729. The van der Waals surface area contributed by atoms with E-state index in [1.54, 1.807) is 6.92 Å². The Hall–Kier alpha value is -1.00. The highest BCUT2D eigenvalue weighted by Crippen LogP contribution is 1.88. The fraction of sp³-hybridized carbons (Fsp3) is 0.333. The van der Waals surface area contributed by atoms with E-state index in [1.807, 2.05) is 0 Å². The summed E-state index contributed by atoms with van der Waals surface area (Å²) in [7, 11) is 0. The fourth-order valence-corrected chi connectivity index (χ4v) is 0.264. The van der Waals surface area contributed by atoms with Gasteiger partial charge in [-0.1, -0.05) is 6.58 Å². The first-order valence-corrected chi connectivity index (χ1v) is 2.79. The van der Waals surface area contributed by atoms with Gasteiger partial charge in [-0.25, -0.2) is 4.99 Å². The van der Waals surface area contributed by atoms with E-state index in [-0.39, 0.29) is 5.91 Å². The number of hydrogen-bond donors (Lipinski definition) is 2. The number of nitrogens with two attached hydrogens (primary N) is 2. The van der Waals surface area contributed by atoms with E-state index >= 15 is 0 Å². The van der Waals surface area contributed by atoms with Gasteiger partial charge in [-0.3, -0.25) is 4.79 Å². The number of amides is 1. The van der Waals surface area contributed by atoms with Gasteiger partial charge in [0, 0.05) is 11.8 Å². The van der Waals surface area contributed by atoms with E-state index in [1.165, 1.54) is 6.21 Å². The Balaban J connectivity index is 3.91. The molecular weight excluding hydrogens is 130 g/mol. The number of rotatable bonds is 2. The molecule has 1 amide bonds. The van der Waals surface area contributed by atoms with E-state index in [9.17, 15) is 4.79 Å². The van der Waals surface area contributed by atoms with E-state index in [4.69, 9.17) is 11.5 Å². The van der Waals surface area contributed by atoms with Crippen molar-refractivity contribution in [2.45, 2.75) is 13.1 Å². The van der Waals surface area contributed by atoms with Gasteiger partial charge in [-0.15, -0.1) is 0 Å². The van der Waals surface area contributed by atoms with Crippen LogP contribution < -0.4 is 11.5 Å². The van der Waals surface area contributed by atoms with Crippen LogP contribution in [0.1, 0.15) is 6.92 Å². The summed E-state index contributed by atoms with van der Waals surface area (Å²) in [6.45, 7) is 4.96. The number of nitrogens with zero attached hydrogens (tertiary/aromatic N) is 1. The molecule has 0 aliphatic carbocycles. The SMILES string of the molecule is C=C(C)C(=O)N=CC(N)N. The molecule has 0 atom stereocenters. The third-order valence-electron chi connectivity index (χ3n) is 0.729. The molecule has 0 aromatic carbocycles. The van der Waals surface area contributed by atoms with Crippen molar-refractivity contribution in [3.8, 4) is 0 Å². The molecule has 0 aliphatic rings. The quantitative estimate of drug-likeness (QED) is 0.306. The predicted molar refractivity (Wildman–Crippen MR) is 40.5 cm³/mol. The Morgan fingerprint density at radius 2 is 2.20 bits per heavy atom. The lowest BCUT2D eigenvalue weighted by molar-refractivity contribution is -0.114. The minimum Gasteiger partial charge on any atom is -0.312 e. The Kier molecular flexibility index (Phi) is 3.53. The van der Waals surface area contributed by atoms with Crippen LogP contribution in [0.2, 0.25) is 0 Å². The van der Waals surface area contributed by atoms with Crippen LogP contribution in [-0.4, -0.2) is 18.3 Å². The smallest absolute Gasteiger partial charge is 0.271 e. The molecule has 0 fully saturated rings. The summed E-state index contributed by atoms with van der Waals surface area (Å²) < 4.78 is 0. The van der Waals surface area contributed by atoms with Crippen LogP contribution in [0.4, 0.5) is 0 Å². The average Bonchev–Trinajstić information content (AvgIpc) is 1.82. The van der Waals surface area contributed by atoms with Gasteiger partial charge in [0.05, 0.1) is 6.17 Å². The van der Waals surface area contributed by atoms with Crippen LogP contribution in [0.15, 0.2) is 17.1 Å². The standard InChI is InChI=1S/C6H11N3O/c1-4(2)6(10)9-3-5(7)8/h3,5H,1,7-8H2,2H3. The van der Waals surface area contributed by atoms with Crippen LogP contribution in [0, 0.1) is 0 Å². The maximum absolute atomic E-state index is 10.6. The molecule has 0 spiro atoms. The van der Waals surface area contributed by atoms with Crippen LogP contribution in [-0.2, 0) is 4.79 Å². The Bertz CT molecular complexity index is 172. The number of carbonyl (C=O) groups excluding carboxylic acids is 1. The zero-order valence-corrected chi connectivity index (χ0v) is 5.87. The largest absolute Gasteiger partial charge is 0.312 e. The summed E-state index contributed by atoms with van der Waals surface area (Å²) in [5.41, 5.74) is 10.5. The molecule has 0 unspecified atom stereocenters. The van der Waals surface area contributed by atoms with E-state index in [0.717, 1.165) is 0 Å². The highest BCUT2D eigenvalue weighted by molar-refractivity contribution is 5.97. The molecule has 0 aromatic rings. The maximum Gasteiger partial charge on any atom is 0.271 e. The Morgan fingerprint density at radius 3 is 2.50 bits per heavy atom. The summed E-state index contributed by atoms with van der Waals surface area (Å²) in [5.74, 6) is -0.388. The van der Waals surface area contributed by atoms with Gasteiger partial charge in [-0.05, 0) is 6.92 Å². The summed E-state index contributed by atoms with van der Waals surface area (Å²) >= 11 is 0. The average molecular weight is 141 g/mol. The van der Waals surface area contributed by atoms with Crippen molar-refractivity contribution in [3.05, 3.63) is 12.2 Å².